The number of carbonyl (C=O) groups excluding carboxylic acids is 1. The van der Waals surface area contributed by atoms with E-state index in [2.05, 4.69) is 10.3 Å². The Morgan fingerprint density at radius 3 is 2.62 bits per heavy atom. The monoisotopic (exact) mass is 323 g/mol. The van der Waals surface area contributed by atoms with E-state index in [4.69, 9.17) is 0 Å². The zero-order chi connectivity index (χ0) is 14.9. The van der Waals surface area contributed by atoms with Crippen molar-refractivity contribution in [1.82, 2.24) is 4.98 Å². The number of hydrogen-bond acceptors (Lipinski definition) is 5. The number of aromatic nitrogens is 1. The third-order valence-corrected chi connectivity index (χ3v) is 5.73. The average Bonchev–Trinajstić information content (AvgIpc) is 3.08. The molecule has 21 heavy (non-hydrogen) atoms. The molecule has 0 spiro atoms. The van der Waals surface area contributed by atoms with Gasteiger partial charge < -0.3 is 0 Å². The molecule has 1 aromatic heterocycles. The Hall–Kier alpha value is -1.93. The first kappa shape index (κ1) is 14.0. The first-order valence-electron chi connectivity index (χ1n) is 6.37. The van der Waals surface area contributed by atoms with Gasteiger partial charge in [-0.15, -0.1) is 11.3 Å². The molecule has 1 amide bonds. The van der Waals surface area contributed by atoms with E-state index in [1.807, 2.05) is 0 Å². The van der Waals surface area contributed by atoms with Crippen LogP contribution in [0.5, 0.6) is 0 Å². The van der Waals surface area contributed by atoms with Gasteiger partial charge in [-0.1, -0.05) is 0 Å². The van der Waals surface area contributed by atoms with Crippen molar-refractivity contribution >= 4 is 38.1 Å². The molecule has 1 saturated heterocycles. The molecule has 0 saturated carbocycles. The lowest BCUT2D eigenvalue weighted by atomic mass is 10.2. The highest BCUT2D eigenvalue weighted by molar-refractivity contribution is 7.93. The molecule has 1 aliphatic heterocycles. The van der Waals surface area contributed by atoms with E-state index in [1.165, 1.54) is 15.6 Å². The van der Waals surface area contributed by atoms with E-state index in [1.54, 1.807) is 35.8 Å². The molecular formula is C13H13N3O3S2. The van der Waals surface area contributed by atoms with Crippen LogP contribution in [0.3, 0.4) is 0 Å². The summed E-state index contributed by atoms with van der Waals surface area (Å²) in [7, 11) is -3.19. The summed E-state index contributed by atoms with van der Waals surface area (Å²) in [5.41, 5.74) is 1.06. The second-order valence-corrected chi connectivity index (χ2v) is 7.49. The Morgan fingerprint density at radius 1 is 1.29 bits per heavy atom. The van der Waals surface area contributed by atoms with Gasteiger partial charge in [0.1, 0.15) is 0 Å². The Morgan fingerprint density at radius 2 is 2.05 bits per heavy atom. The number of benzene rings is 1. The first-order valence-corrected chi connectivity index (χ1v) is 8.86. The fraction of sp³-hybridized carbons (Fsp3) is 0.231. The average molecular weight is 323 g/mol. The van der Waals surface area contributed by atoms with Gasteiger partial charge in [0.25, 0.3) is 5.91 Å². The second-order valence-electron chi connectivity index (χ2n) is 4.58. The summed E-state index contributed by atoms with van der Waals surface area (Å²) in [4.78, 5) is 16.0. The van der Waals surface area contributed by atoms with E-state index < -0.39 is 10.0 Å². The number of hydrogen-bond donors (Lipinski definition) is 1. The molecule has 0 unspecified atom stereocenters. The summed E-state index contributed by atoms with van der Waals surface area (Å²) >= 11 is 1.34. The lowest BCUT2D eigenvalue weighted by Crippen LogP contribution is -2.25. The highest BCUT2D eigenvalue weighted by Crippen LogP contribution is 2.24. The van der Waals surface area contributed by atoms with Crippen LogP contribution in [0.1, 0.15) is 16.8 Å². The van der Waals surface area contributed by atoms with Gasteiger partial charge in [-0.25, -0.2) is 13.4 Å². The largest absolute Gasteiger partial charge is 0.298 e. The maximum absolute atomic E-state index is 12.0. The second kappa shape index (κ2) is 5.45. The molecule has 8 heteroatoms. The molecule has 0 bridgehead atoms. The molecule has 6 nitrogen and oxygen atoms in total. The summed E-state index contributed by atoms with van der Waals surface area (Å²) in [6.07, 6.45) is 2.25. The maximum atomic E-state index is 12.0. The number of amides is 1. The highest BCUT2D eigenvalue weighted by atomic mass is 32.2. The van der Waals surface area contributed by atoms with E-state index in [9.17, 15) is 13.2 Å². The highest BCUT2D eigenvalue weighted by Gasteiger charge is 2.28. The molecule has 0 radical (unpaired) electrons. The van der Waals surface area contributed by atoms with Crippen molar-refractivity contribution in [3.8, 4) is 0 Å². The maximum Gasteiger partial charge on any atom is 0.257 e. The first-order chi connectivity index (χ1) is 10.1. The van der Waals surface area contributed by atoms with Gasteiger partial charge in [-0.2, -0.15) is 0 Å². The van der Waals surface area contributed by atoms with Crippen molar-refractivity contribution < 1.29 is 13.2 Å². The molecule has 2 heterocycles. The quantitative estimate of drug-likeness (QED) is 0.936. The molecular weight excluding hydrogens is 310 g/mol. The number of thiazole rings is 1. The summed E-state index contributed by atoms with van der Waals surface area (Å²) < 4.78 is 25.0. The summed E-state index contributed by atoms with van der Waals surface area (Å²) in [6, 6.07) is 6.54. The van der Waals surface area contributed by atoms with Gasteiger partial charge in [0.15, 0.2) is 5.13 Å². The van der Waals surface area contributed by atoms with Crippen LogP contribution in [0.2, 0.25) is 0 Å². The molecule has 2 aromatic rings. The van der Waals surface area contributed by atoms with Gasteiger partial charge in [0, 0.05) is 23.7 Å². The van der Waals surface area contributed by atoms with Gasteiger partial charge in [0.05, 0.1) is 11.4 Å². The van der Waals surface area contributed by atoms with Crippen molar-refractivity contribution in [2.45, 2.75) is 6.42 Å². The molecule has 1 N–H and O–H groups in total. The van der Waals surface area contributed by atoms with E-state index >= 15 is 0 Å². The minimum absolute atomic E-state index is 0.180. The lowest BCUT2D eigenvalue weighted by molar-refractivity contribution is 0.102. The van der Waals surface area contributed by atoms with E-state index in [0.29, 0.717) is 29.3 Å². The van der Waals surface area contributed by atoms with Gasteiger partial charge in [-0.3, -0.25) is 14.4 Å². The Kier molecular flexibility index (Phi) is 3.64. The van der Waals surface area contributed by atoms with Gasteiger partial charge >= 0.3 is 0 Å². The van der Waals surface area contributed by atoms with Crippen molar-refractivity contribution in [3.05, 3.63) is 41.4 Å². The van der Waals surface area contributed by atoms with Crippen LogP contribution >= 0.6 is 11.3 Å². The molecule has 3 rings (SSSR count). The summed E-state index contributed by atoms with van der Waals surface area (Å²) in [5.74, 6) is -0.0833. The van der Waals surface area contributed by atoms with Crippen LogP contribution in [0.25, 0.3) is 0 Å². The normalized spacial score (nSPS) is 16.9. The number of nitrogens with one attached hydrogen (secondary N) is 1. The predicted octanol–water partition coefficient (Wildman–Crippen LogP) is 1.94. The molecule has 1 aromatic carbocycles. The van der Waals surface area contributed by atoms with Crippen molar-refractivity contribution in [2.75, 3.05) is 21.9 Å². The van der Waals surface area contributed by atoms with Crippen LogP contribution in [-0.4, -0.2) is 31.6 Å². The molecule has 110 valence electrons. The van der Waals surface area contributed by atoms with Crippen LogP contribution in [0, 0.1) is 0 Å². The molecule has 0 aliphatic carbocycles. The van der Waals surface area contributed by atoms with Crippen LogP contribution < -0.4 is 9.62 Å². The standard InChI is InChI=1S/C13H13N3O3S2/c17-12(15-13-14-6-8-20-13)10-2-4-11(5-3-10)16-7-1-9-21(16,18)19/h2-6,8H,1,7,9H2,(H,14,15,17). The fourth-order valence-electron chi connectivity index (χ4n) is 2.16. The third kappa shape index (κ3) is 2.91. The number of sulfonamides is 1. The van der Waals surface area contributed by atoms with Crippen LogP contribution in [0.4, 0.5) is 10.8 Å². The van der Waals surface area contributed by atoms with Crippen LogP contribution in [-0.2, 0) is 10.0 Å². The SMILES string of the molecule is O=C(Nc1nccs1)c1ccc(N2CCCS2(=O)=O)cc1. The minimum Gasteiger partial charge on any atom is -0.298 e. The van der Waals surface area contributed by atoms with E-state index in [-0.39, 0.29) is 11.7 Å². The minimum atomic E-state index is -3.19. The number of anilines is 2. The molecule has 0 atom stereocenters. The van der Waals surface area contributed by atoms with Crippen molar-refractivity contribution in [3.63, 3.8) is 0 Å². The Balaban J connectivity index is 1.76. The van der Waals surface area contributed by atoms with Crippen molar-refractivity contribution in [1.29, 1.82) is 0 Å². The van der Waals surface area contributed by atoms with E-state index in [0.717, 1.165) is 0 Å². The number of rotatable bonds is 3. The van der Waals surface area contributed by atoms with Gasteiger partial charge in [-0.05, 0) is 30.7 Å². The van der Waals surface area contributed by atoms with Crippen LogP contribution in [0.15, 0.2) is 35.8 Å². The third-order valence-electron chi connectivity index (χ3n) is 3.17. The summed E-state index contributed by atoms with van der Waals surface area (Å²) in [6.45, 7) is 0.493. The number of nitrogens with zero attached hydrogens (tertiary/aromatic N) is 2. The zero-order valence-electron chi connectivity index (χ0n) is 11.0. The zero-order valence-corrected chi connectivity index (χ0v) is 12.7. The molecule has 1 fully saturated rings. The predicted molar refractivity (Wildman–Crippen MR) is 82.3 cm³/mol. The van der Waals surface area contributed by atoms with Gasteiger partial charge in [0.2, 0.25) is 10.0 Å². The lowest BCUT2D eigenvalue weighted by Gasteiger charge is -2.16. The smallest absolute Gasteiger partial charge is 0.257 e. The summed E-state index contributed by atoms with van der Waals surface area (Å²) in [5, 5.41) is 4.99. The topological polar surface area (TPSA) is 79.4 Å². The Labute approximate surface area is 126 Å². The fourth-order valence-corrected chi connectivity index (χ4v) is 4.25. The Bertz CT molecular complexity index is 739. The molecule has 1 aliphatic rings. The number of carbonyl (C=O) groups is 1. The van der Waals surface area contributed by atoms with Crippen molar-refractivity contribution in [2.24, 2.45) is 0 Å².